The van der Waals surface area contributed by atoms with Crippen molar-refractivity contribution in [1.29, 1.82) is 0 Å². The lowest BCUT2D eigenvalue weighted by molar-refractivity contribution is 0.301. The first-order chi connectivity index (χ1) is 7.25. The van der Waals surface area contributed by atoms with Gasteiger partial charge in [-0.05, 0) is 24.3 Å². The maximum absolute atomic E-state index is 12.6. The molecule has 0 aliphatic heterocycles. The number of nitrogens with one attached hydrogen (secondary N) is 1. The Labute approximate surface area is 85.9 Å². The molecule has 15 heavy (non-hydrogen) atoms. The molecule has 0 bridgehead atoms. The molecule has 78 valence electrons. The van der Waals surface area contributed by atoms with E-state index >= 15 is 0 Å². The molecule has 0 aliphatic carbocycles. The maximum Gasteiger partial charge on any atom is 0.132 e. The van der Waals surface area contributed by atoms with Crippen molar-refractivity contribution in [1.82, 2.24) is 10.2 Å². The van der Waals surface area contributed by atoms with Gasteiger partial charge < -0.3 is 10.5 Å². The third kappa shape index (κ3) is 2.25. The molecule has 0 spiro atoms. The minimum Gasteiger partial charge on any atom is -0.487 e. The molecular weight excluding hydrogens is 197 g/mol. The molecule has 0 amide bonds. The second kappa shape index (κ2) is 4.00. The molecule has 4 nitrogen and oxygen atoms in total. The van der Waals surface area contributed by atoms with Crippen molar-refractivity contribution in [3.63, 3.8) is 0 Å². The Morgan fingerprint density at radius 1 is 1.33 bits per heavy atom. The van der Waals surface area contributed by atoms with Crippen LogP contribution in [-0.4, -0.2) is 10.2 Å². The number of H-pyrrole nitrogens is 1. The second-order valence-corrected chi connectivity index (χ2v) is 3.05. The van der Waals surface area contributed by atoms with E-state index in [9.17, 15) is 4.39 Å². The van der Waals surface area contributed by atoms with Gasteiger partial charge in [0.2, 0.25) is 0 Å². The maximum atomic E-state index is 12.6. The number of nitrogen functional groups attached to an aromatic ring is 1. The van der Waals surface area contributed by atoms with E-state index < -0.39 is 0 Å². The average Bonchev–Trinajstić information content (AvgIpc) is 2.63. The standard InChI is InChI=1S/C10H10FN3O/c11-7-1-3-8(4-2-7)15-6-10-9(12)5-13-14-10/h1-5H,6,12H2,(H,13,14). The van der Waals surface area contributed by atoms with Gasteiger partial charge in [-0.2, -0.15) is 5.10 Å². The monoisotopic (exact) mass is 207 g/mol. The number of anilines is 1. The molecule has 0 radical (unpaired) electrons. The van der Waals surface area contributed by atoms with E-state index in [1.807, 2.05) is 0 Å². The summed E-state index contributed by atoms with van der Waals surface area (Å²) in [4.78, 5) is 0. The Morgan fingerprint density at radius 2 is 2.07 bits per heavy atom. The predicted molar refractivity (Wildman–Crippen MR) is 53.7 cm³/mol. The molecular formula is C10H10FN3O. The van der Waals surface area contributed by atoms with Crippen molar-refractivity contribution in [2.45, 2.75) is 6.61 Å². The molecule has 2 aromatic rings. The highest BCUT2D eigenvalue weighted by Crippen LogP contribution is 2.14. The van der Waals surface area contributed by atoms with Crippen LogP contribution >= 0.6 is 0 Å². The van der Waals surface area contributed by atoms with Crippen LogP contribution in [0.3, 0.4) is 0 Å². The van der Waals surface area contributed by atoms with E-state index in [1.165, 1.54) is 18.3 Å². The van der Waals surface area contributed by atoms with Gasteiger partial charge in [-0.1, -0.05) is 0 Å². The fourth-order valence-electron chi connectivity index (χ4n) is 1.12. The highest BCUT2D eigenvalue weighted by atomic mass is 19.1. The first kappa shape index (κ1) is 9.51. The van der Waals surface area contributed by atoms with Gasteiger partial charge in [0, 0.05) is 0 Å². The van der Waals surface area contributed by atoms with E-state index in [0.29, 0.717) is 17.1 Å². The molecule has 0 fully saturated rings. The molecule has 0 unspecified atom stereocenters. The van der Waals surface area contributed by atoms with Gasteiger partial charge in [-0.15, -0.1) is 0 Å². The van der Waals surface area contributed by atoms with E-state index in [1.54, 1.807) is 12.1 Å². The number of hydrogen-bond acceptors (Lipinski definition) is 3. The van der Waals surface area contributed by atoms with Crippen LogP contribution in [0.2, 0.25) is 0 Å². The fourth-order valence-corrected chi connectivity index (χ4v) is 1.12. The number of hydrogen-bond donors (Lipinski definition) is 2. The third-order valence-corrected chi connectivity index (χ3v) is 1.95. The minimum absolute atomic E-state index is 0.289. The van der Waals surface area contributed by atoms with Crippen LogP contribution in [0.4, 0.5) is 10.1 Å². The summed E-state index contributed by atoms with van der Waals surface area (Å²) in [6, 6.07) is 5.79. The number of halogens is 1. The SMILES string of the molecule is Nc1cn[nH]c1COc1ccc(F)cc1. The van der Waals surface area contributed by atoms with Crippen LogP contribution in [0.1, 0.15) is 5.69 Å². The zero-order chi connectivity index (χ0) is 10.7. The highest BCUT2D eigenvalue weighted by Gasteiger charge is 2.01. The Morgan fingerprint density at radius 3 is 2.67 bits per heavy atom. The molecule has 1 heterocycles. The molecule has 3 N–H and O–H groups in total. The number of nitrogens with two attached hydrogens (primary N) is 1. The quantitative estimate of drug-likeness (QED) is 0.805. The summed E-state index contributed by atoms with van der Waals surface area (Å²) >= 11 is 0. The van der Waals surface area contributed by atoms with E-state index in [2.05, 4.69) is 10.2 Å². The van der Waals surface area contributed by atoms with E-state index in [4.69, 9.17) is 10.5 Å². The number of rotatable bonds is 3. The molecule has 2 rings (SSSR count). The van der Waals surface area contributed by atoms with Crippen molar-refractivity contribution in [3.05, 3.63) is 42.0 Å². The first-order valence-electron chi connectivity index (χ1n) is 4.42. The van der Waals surface area contributed by atoms with Crippen LogP contribution in [0, 0.1) is 5.82 Å². The Bertz CT molecular complexity index is 438. The van der Waals surface area contributed by atoms with Crippen molar-refractivity contribution in [2.24, 2.45) is 0 Å². The van der Waals surface area contributed by atoms with Gasteiger partial charge >= 0.3 is 0 Å². The summed E-state index contributed by atoms with van der Waals surface area (Å²) in [6.07, 6.45) is 1.52. The van der Waals surface area contributed by atoms with Gasteiger partial charge in [0.15, 0.2) is 0 Å². The topological polar surface area (TPSA) is 63.9 Å². The van der Waals surface area contributed by atoms with E-state index in [-0.39, 0.29) is 12.4 Å². The number of benzene rings is 1. The summed E-state index contributed by atoms with van der Waals surface area (Å²) in [5.74, 6) is 0.300. The summed E-state index contributed by atoms with van der Waals surface area (Å²) in [5, 5.41) is 6.47. The lowest BCUT2D eigenvalue weighted by atomic mass is 10.3. The Kier molecular flexibility index (Phi) is 2.53. The number of aromatic nitrogens is 2. The molecule has 0 aliphatic rings. The largest absolute Gasteiger partial charge is 0.487 e. The van der Waals surface area contributed by atoms with Crippen LogP contribution in [-0.2, 0) is 6.61 Å². The summed E-state index contributed by atoms with van der Waals surface area (Å²) < 4.78 is 17.9. The molecule has 1 aromatic heterocycles. The van der Waals surface area contributed by atoms with Gasteiger partial charge in [0.1, 0.15) is 18.2 Å². The van der Waals surface area contributed by atoms with Crippen molar-refractivity contribution < 1.29 is 9.13 Å². The minimum atomic E-state index is -0.289. The summed E-state index contributed by atoms with van der Waals surface area (Å²) in [6.45, 7) is 0.289. The summed E-state index contributed by atoms with van der Waals surface area (Å²) in [5.41, 5.74) is 6.86. The molecule has 0 saturated carbocycles. The Hall–Kier alpha value is -2.04. The predicted octanol–water partition coefficient (Wildman–Crippen LogP) is 1.71. The van der Waals surface area contributed by atoms with Crippen molar-refractivity contribution in [2.75, 3.05) is 5.73 Å². The van der Waals surface area contributed by atoms with Gasteiger partial charge in [-0.25, -0.2) is 4.39 Å². The van der Waals surface area contributed by atoms with Crippen LogP contribution < -0.4 is 10.5 Å². The number of aromatic amines is 1. The number of ether oxygens (including phenoxy) is 1. The van der Waals surface area contributed by atoms with Crippen LogP contribution in [0.5, 0.6) is 5.75 Å². The third-order valence-electron chi connectivity index (χ3n) is 1.95. The van der Waals surface area contributed by atoms with Crippen molar-refractivity contribution >= 4 is 5.69 Å². The molecule has 5 heteroatoms. The Balaban J connectivity index is 1.99. The van der Waals surface area contributed by atoms with E-state index in [0.717, 1.165) is 0 Å². The molecule has 0 saturated heterocycles. The fraction of sp³-hybridized carbons (Fsp3) is 0.100. The smallest absolute Gasteiger partial charge is 0.132 e. The zero-order valence-corrected chi connectivity index (χ0v) is 7.90. The normalized spacial score (nSPS) is 10.2. The average molecular weight is 207 g/mol. The lowest BCUT2D eigenvalue weighted by Crippen LogP contribution is -1.99. The molecule has 1 aromatic carbocycles. The van der Waals surface area contributed by atoms with Crippen LogP contribution in [0.15, 0.2) is 30.5 Å². The summed E-state index contributed by atoms with van der Waals surface area (Å²) in [7, 11) is 0. The van der Waals surface area contributed by atoms with Gasteiger partial charge in [0.25, 0.3) is 0 Å². The van der Waals surface area contributed by atoms with Gasteiger partial charge in [-0.3, -0.25) is 5.10 Å². The second-order valence-electron chi connectivity index (χ2n) is 3.05. The lowest BCUT2D eigenvalue weighted by Gasteiger charge is -2.04. The van der Waals surface area contributed by atoms with Gasteiger partial charge in [0.05, 0.1) is 17.6 Å². The van der Waals surface area contributed by atoms with Crippen molar-refractivity contribution in [3.8, 4) is 5.75 Å². The first-order valence-corrected chi connectivity index (χ1v) is 4.42. The van der Waals surface area contributed by atoms with Crippen LogP contribution in [0.25, 0.3) is 0 Å². The molecule has 0 atom stereocenters. The zero-order valence-electron chi connectivity index (χ0n) is 7.90. The number of nitrogens with zero attached hydrogens (tertiary/aromatic N) is 1. The highest BCUT2D eigenvalue weighted by molar-refractivity contribution is 5.39.